The third kappa shape index (κ3) is 3.37. The molecule has 9 nitrogen and oxygen atoms in total. The van der Waals surface area contributed by atoms with E-state index in [0.717, 1.165) is 0 Å². The van der Waals surface area contributed by atoms with Crippen molar-refractivity contribution in [2.45, 2.75) is 13.0 Å². The van der Waals surface area contributed by atoms with Gasteiger partial charge in [-0.1, -0.05) is 5.16 Å². The quantitative estimate of drug-likeness (QED) is 0.206. The third-order valence-corrected chi connectivity index (χ3v) is 2.17. The van der Waals surface area contributed by atoms with Crippen molar-refractivity contribution in [2.24, 2.45) is 10.9 Å². The maximum absolute atomic E-state index is 11.9. The van der Waals surface area contributed by atoms with Crippen LogP contribution in [0.2, 0.25) is 0 Å². The summed E-state index contributed by atoms with van der Waals surface area (Å²) in [5.41, 5.74) is 5.13. The molecule has 1 rings (SSSR count). The Labute approximate surface area is 108 Å². The largest absolute Gasteiger partial charge is 0.467 e. The highest BCUT2D eigenvalue weighted by atomic mass is 16.5. The summed E-state index contributed by atoms with van der Waals surface area (Å²) in [7, 11) is 1.20. The monoisotopic (exact) mass is 267 g/mol. The molecule has 1 aromatic heterocycles. The minimum absolute atomic E-state index is 0.0837. The van der Waals surface area contributed by atoms with Crippen LogP contribution in [0.5, 0.6) is 0 Å². The smallest absolute Gasteiger partial charge is 0.328 e. The number of carbonyl (C=O) groups excluding carboxylic acids is 2. The van der Waals surface area contributed by atoms with Gasteiger partial charge in [-0.2, -0.15) is 0 Å². The number of aromatic nitrogens is 2. The Morgan fingerprint density at radius 2 is 2.00 bits per heavy atom. The van der Waals surface area contributed by atoms with E-state index in [9.17, 15) is 9.59 Å². The van der Waals surface area contributed by atoms with Gasteiger partial charge in [-0.15, -0.1) is 0 Å². The van der Waals surface area contributed by atoms with Gasteiger partial charge in [-0.05, 0) is 6.92 Å². The second-order valence-corrected chi connectivity index (χ2v) is 3.46. The van der Waals surface area contributed by atoms with Crippen molar-refractivity contribution in [1.29, 1.82) is 0 Å². The SMILES string of the molecule is COC(=O)[C@H](C)NC(=O)c1nccnc1/C(N)=N/O. The van der Waals surface area contributed by atoms with Gasteiger partial charge in [-0.25, -0.2) is 14.8 Å². The van der Waals surface area contributed by atoms with E-state index in [1.54, 1.807) is 0 Å². The van der Waals surface area contributed by atoms with Crippen molar-refractivity contribution in [3.8, 4) is 0 Å². The number of amidine groups is 1. The van der Waals surface area contributed by atoms with E-state index in [2.05, 4.69) is 25.2 Å². The van der Waals surface area contributed by atoms with Crippen LogP contribution in [0, 0.1) is 0 Å². The molecule has 1 aromatic rings. The van der Waals surface area contributed by atoms with Crippen LogP contribution >= 0.6 is 0 Å². The number of hydrogen-bond acceptors (Lipinski definition) is 7. The molecule has 0 aliphatic heterocycles. The number of hydrogen-bond donors (Lipinski definition) is 3. The molecule has 0 bridgehead atoms. The first-order valence-electron chi connectivity index (χ1n) is 5.18. The van der Waals surface area contributed by atoms with Gasteiger partial charge in [0.2, 0.25) is 0 Å². The number of rotatable bonds is 4. The van der Waals surface area contributed by atoms with Crippen LogP contribution < -0.4 is 11.1 Å². The molecule has 9 heteroatoms. The van der Waals surface area contributed by atoms with Crippen LogP contribution in [0.3, 0.4) is 0 Å². The molecule has 4 N–H and O–H groups in total. The minimum atomic E-state index is -0.861. The summed E-state index contributed by atoms with van der Waals surface area (Å²) in [6.45, 7) is 1.45. The standard InChI is InChI=1S/C10H13N5O4/c1-5(10(17)19-2)14-9(16)7-6(8(11)15-18)12-3-4-13-7/h3-5,18H,1-2H3,(H2,11,15)(H,14,16)/t5-/m0/s1. The first-order chi connectivity index (χ1) is 9.01. The molecule has 0 aliphatic carbocycles. The molecule has 1 heterocycles. The Kier molecular flexibility index (Phi) is 4.75. The summed E-state index contributed by atoms with van der Waals surface area (Å²) >= 11 is 0. The molecule has 0 radical (unpaired) electrons. The summed E-state index contributed by atoms with van der Waals surface area (Å²) in [4.78, 5) is 30.7. The van der Waals surface area contributed by atoms with Crippen LogP contribution in [-0.4, -0.2) is 46.0 Å². The van der Waals surface area contributed by atoms with E-state index in [-0.39, 0.29) is 17.2 Å². The van der Waals surface area contributed by atoms with E-state index >= 15 is 0 Å². The van der Waals surface area contributed by atoms with Gasteiger partial charge in [0.15, 0.2) is 11.5 Å². The van der Waals surface area contributed by atoms with E-state index in [1.807, 2.05) is 0 Å². The molecule has 1 amide bonds. The van der Waals surface area contributed by atoms with Gasteiger partial charge in [0.1, 0.15) is 11.7 Å². The number of ether oxygens (including phenoxy) is 1. The Balaban J connectivity index is 2.98. The zero-order valence-corrected chi connectivity index (χ0v) is 10.3. The lowest BCUT2D eigenvalue weighted by molar-refractivity contribution is -0.142. The molecule has 19 heavy (non-hydrogen) atoms. The summed E-state index contributed by atoms with van der Waals surface area (Å²) < 4.78 is 4.47. The first-order valence-corrected chi connectivity index (χ1v) is 5.18. The van der Waals surface area contributed by atoms with Crippen molar-refractivity contribution in [3.05, 3.63) is 23.8 Å². The Bertz CT molecular complexity index is 516. The van der Waals surface area contributed by atoms with Gasteiger partial charge in [0, 0.05) is 12.4 Å². The fraction of sp³-hybridized carbons (Fsp3) is 0.300. The highest BCUT2D eigenvalue weighted by molar-refractivity contribution is 6.06. The third-order valence-electron chi connectivity index (χ3n) is 2.17. The van der Waals surface area contributed by atoms with Gasteiger partial charge in [0.05, 0.1) is 7.11 Å². The summed E-state index contributed by atoms with van der Waals surface area (Å²) in [5.74, 6) is -1.65. The van der Waals surface area contributed by atoms with E-state index in [0.29, 0.717) is 0 Å². The number of oxime groups is 1. The molecule has 0 saturated carbocycles. The molecule has 0 aliphatic rings. The second-order valence-electron chi connectivity index (χ2n) is 3.46. The van der Waals surface area contributed by atoms with Crippen molar-refractivity contribution in [1.82, 2.24) is 15.3 Å². The second kappa shape index (κ2) is 6.28. The zero-order chi connectivity index (χ0) is 14.4. The normalized spacial score (nSPS) is 12.6. The van der Waals surface area contributed by atoms with Crippen LogP contribution in [0.25, 0.3) is 0 Å². The van der Waals surface area contributed by atoms with Crippen LogP contribution in [0.15, 0.2) is 17.5 Å². The number of nitrogens with one attached hydrogen (secondary N) is 1. The maximum Gasteiger partial charge on any atom is 0.328 e. The minimum Gasteiger partial charge on any atom is -0.467 e. The molecule has 0 fully saturated rings. The lowest BCUT2D eigenvalue weighted by Gasteiger charge is -2.12. The summed E-state index contributed by atoms with van der Waals surface area (Å²) in [6, 6.07) is -0.861. The molecule has 0 saturated heterocycles. The lowest BCUT2D eigenvalue weighted by atomic mass is 10.2. The molecule has 102 valence electrons. The highest BCUT2D eigenvalue weighted by Gasteiger charge is 2.21. The van der Waals surface area contributed by atoms with E-state index < -0.39 is 17.9 Å². The Hall–Kier alpha value is -2.71. The van der Waals surface area contributed by atoms with Crippen molar-refractivity contribution < 1.29 is 19.5 Å². The van der Waals surface area contributed by atoms with Gasteiger partial charge in [0.25, 0.3) is 5.91 Å². The maximum atomic E-state index is 11.9. The molecule has 0 unspecified atom stereocenters. The van der Waals surface area contributed by atoms with Gasteiger partial charge < -0.3 is 21.0 Å². The zero-order valence-electron chi connectivity index (χ0n) is 10.3. The van der Waals surface area contributed by atoms with Crippen LogP contribution in [0.4, 0.5) is 0 Å². The van der Waals surface area contributed by atoms with Crippen molar-refractivity contribution in [2.75, 3.05) is 7.11 Å². The Morgan fingerprint density at radius 3 is 2.53 bits per heavy atom. The molecule has 0 spiro atoms. The Morgan fingerprint density at radius 1 is 1.42 bits per heavy atom. The van der Waals surface area contributed by atoms with Crippen molar-refractivity contribution in [3.63, 3.8) is 0 Å². The average Bonchev–Trinajstić information content (AvgIpc) is 2.45. The predicted octanol–water partition coefficient (Wildman–Crippen LogP) is -1.14. The summed E-state index contributed by atoms with van der Waals surface area (Å²) in [6.07, 6.45) is 2.56. The average molecular weight is 267 g/mol. The van der Waals surface area contributed by atoms with Crippen LogP contribution in [0.1, 0.15) is 23.1 Å². The summed E-state index contributed by atoms with van der Waals surface area (Å²) in [5, 5.41) is 13.7. The highest BCUT2D eigenvalue weighted by Crippen LogP contribution is 2.02. The van der Waals surface area contributed by atoms with Crippen LogP contribution in [-0.2, 0) is 9.53 Å². The number of carbonyl (C=O) groups is 2. The molecular weight excluding hydrogens is 254 g/mol. The van der Waals surface area contributed by atoms with E-state index in [1.165, 1.54) is 26.4 Å². The molecule has 0 aromatic carbocycles. The molecular formula is C10H13N5O4. The number of amides is 1. The number of nitrogens with two attached hydrogens (primary N) is 1. The fourth-order valence-electron chi connectivity index (χ4n) is 1.24. The lowest BCUT2D eigenvalue weighted by Crippen LogP contribution is -2.40. The number of nitrogens with zero attached hydrogens (tertiary/aromatic N) is 3. The van der Waals surface area contributed by atoms with E-state index in [4.69, 9.17) is 10.9 Å². The van der Waals surface area contributed by atoms with Gasteiger partial charge in [-0.3, -0.25) is 4.79 Å². The first kappa shape index (κ1) is 14.4. The fourth-order valence-corrected chi connectivity index (χ4v) is 1.24. The predicted molar refractivity (Wildman–Crippen MR) is 63.5 cm³/mol. The molecule has 1 atom stereocenters. The van der Waals surface area contributed by atoms with Crippen molar-refractivity contribution >= 4 is 17.7 Å². The van der Waals surface area contributed by atoms with Gasteiger partial charge >= 0.3 is 5.97 Å². The number of methoxy groups -OCH3 is 1. The number of esters is 1. The topological polar surface area (TPSA) is 140 Å².